The van der Waals surface area contributed by atoms with Gasteiger partial charge in [-0.25, -0.2) is 13.5 Å². The molecule has 1 heterocycles. The SMILES string of the molecule is O=C(NS(=O)(=O)c1ccn[nH]1)[C@H]1C[C@@H]2C[C@H]1CC2(F)F. The van der Waals surface area contributed by atoms with Crippen molar-refractivity contribution in [3.05, 3.63) is 12.3 Å². The van der Waals surface area contributed by atoms with Crippen molar-refractivity contribution >= 4 is 15.9 Å². The maximum Gasteiger partial charge on any atom is 0.280 e. The number of halogens is 2. The van der Waals surface area contributed by atoms with E-state index in [1.807, 2.05) is 4.72 Å². The van der Waals surface area contributed by atoms with Crippen LogP contribution in [0.4, 0.5) is 8.78 Å². The van der Waals surface area contributed by atoms with Crippen LogP contribution in [0.3, 0.4) is 0 Å². The number of hydrogen-bond donors (Lipinski definition) is 2. The lowest BCUT2D eigenvalue weighted by Crippen LogP contribution is -2.40. The van der Waals surface area contributed by atoms with Crippen LogP contribution in [0.15, 0.2) is 17.3 Å². The van der Waals surface area contributed by atoms with Crippen molar-refractivity contribution in [2.45, 2.75) is 30.2 Å². The number of fused-ring (bicyclic) bond motifs is 2. The molecule has 20 heavy (non-hydrogen) atoms. The van der Waals surface area contributed by atoms with Crippen LogP contribution in [0, 0.1) is 17.8 Å². The molecular formula is C11H13F2N3O3S. The Hall–Kier alpha value is -1.51. The zero-order valence-corrected chi connectivity index (χ0v) is 11.2. The van der Waals surface area contributed by atoms with Gasteiger partial charge >= 0.3 is 0 Å². The topological polar surface area (TPSA) is 91.9 Å². The number of carbonyl (C=O) groups is 1. The summed E-state index contributed by atoms with van der Waals surface area (Å²) in [5.41, 5.74) is 0. The largest absolute Gasteiger partial charge is 0.280 e. The van der Waals surface area contributed by atoms with E-state index >= 15 is 0 Å². The molecule has 1 amide bonds. The zero-order valence-electron chi connectivity index (χ0n) is 10.3. The van der Waals surface area contributed by atoms with E-state index in [9.17, 15) is 22.0 Å². The molecule has 0 spiro atoms. The Labute approximate surface area is 114 Å². The highest BCUT2D eigenvalue weighted by Crippen LogP contribution is 2.56. The normalized spacial score (nSPS) is 31.4. The van der Waals surface area contributed by atoms with E-state index in [-0.39, 0.29) is 24.3 Å². The van der Waals surface area contributed by atoms with Gasteiger partial charge in [-0.1, -0.05) is 0 Å². The zero-order chi connectivity index (χ0) is 14.5. The van der Waals surface area contributed by atoms with Gasteiger partial charge in [0.1, 0.15) is 0 Å². The minimum absolute atomic E-state index is 0.0436. The van der Waals surface area contributed by atoms with Gasteiger partial charge in [-0.2, -0.15) is 13.5 Å². The minimum atomic E-state index is -4.00. The molecule has 3 atom stereocenters. The first-order valence-electron chi connectivity index (χ1n) is 6.23. The number of hydrogen-bond acceptors (Lipinski definition) is 4. The van der Waals surface area contributed by atoms with Crippen LogP contribution in [0.5, 0.6) is 0 Å². The van der Waals surface area contributed by atoms with Crippen molar-refractivity contribution in [2.75, 3.05) is 0 Å². The van der Waals surface area contributed by atoms with Gasteiger partial charge in [0, 0.05) is 18.3 Å². The summed E-state index contributed by atoms with van der Waals surface area (Å²) in [6.07, 6.45) is 1.24. The maximum atomic E-state index is 13.4. The van der Waals surface area contributed by atoms with Crippen molar-refractivity contribution in [1.82, 2.24) is 14.9 Å². The average molecular weight is 305 g/mol. The summed E-state index contributed by atoms with van der Waals surface area (Å²) >= 11 is 0. The average Bonchev–Trinajstić information content (AvgIpc) is 3.01. The lowest BCUT2D eigenvalue weighted by Gasteiger charge is -2.26. The van der Waals surface area contributed by atoms with E-state index in [0.717, 1.165) is 0 Å². The molecule has 0 aliphatic heterocycles. The lowest BCUT2D eigenvalue weighted by molar-refractivity contribution is -0.128. The fourth-order valence-electron chi connectivity index (χ4n) is 3.19. The summed E-state index contributed by atoms with van der Waals surface area (Å²) in [5, 5.41) is 5.52. The van der Waals surface area contributed by atoms with Gasteiger partial charge in [0.2, 0.25) is 5.91 Å². The van der Waals surface area contributed by atoms with E-state index in [1.165, 1.54) is 12.3 Å². The second kappa shape index (κ2) is 4.24. The van der Waals surface area contributed by atoms with Crippen molar-refractivity contribution in [1.29, 1.82) is 0 Å². The van der Waals surface area contributed by atoms with Gasteiger partial charge in [-0.15, -0.1) is 0 Å². The van der Waals surface area contributed by atoms with Gasteiger partial charge < -0.3 is 0 Å². The number of amides is 1. The number of nitrogens with one attached hydrogen (secondary N) is 2. The predicted molar refractivity (Wildman–Crippen MR) is 63.2 cm³/mol. The molecule has 3 rings (SSSR count). The Balaban J connectivity index is 1.71. The third-order valence-corrected chi connectivity index (χ3v) is 5.44. The van der Waals surface area contributed by atoms with Crippen LogP contribution in [0.2, 0.25) is 0 Å². The van der Waals surface area contributed by atoms with Gasteiger partial charge in [-0.3, -0.25) is 9.89 Å². The number of rotatable bonds is 3. The third kappa shape index (κ3) is 2.09. The van der Waals surface area contributed by atoms with Crippen LogP contribution in [0.1, 0.15) is 19.3 Å². The summed E-state index contributed by atoms with van der Waals surface area (Å²) in [4.78, 5) is 12.0. The smallest absolute Gasteiger partial charge is 0.274 e. The molecule has 0 radical (unpaired) electrons. The summed E-state index contributed by atoms with van der Waals surface area (Å²) in [7, 11) is -4.00. The molecule has 2 saturated carbocycles. The molecular weight excluding hydrogens is 292 g/mol. The summed E-state index contributed by atoms with van der Waals surface area (Å²) < 4.78 is 52.4. The molecule has 110 valence electrons. The fourth-order valence-corrected chi connectivity index (χ4v) is 4.13. The molecule has 2 bridgehead atoms. The third-order valence-electron chi connectivity index (χ3n) is 4.16. The Kier molecular flexibility index (Phi) is 2.86. The number of nitrogens with zero attached hydrogens (tertiary/aromatic N) is 1. The maximum absolute atomic E-state index is 13.4. The van der Waals surface area contributed by atoms with E-state index in [2.05, 4.69) is 10.2 Å². The summed E-state index contributed by atoms with van der Waals surface area (Å²) in [5.74, 6) is -5.33. The number of aromatic nitrogens is 2. The number of carbonyl (C=O) groups excluding carboxylic acids is 1. The number of sulfonamides is 1. The molecule has 2 fully saturated rings. The molecule has 2 N–H and O–H groups in total. The standard InChI is InChI=1S/C11H13F2N3O3S/c12-11(13)5-6-3-7(11)4-8(6)10(17)16-20(18,19)9-1-2-14-15-9/h1-2,6-8H,3-5H2,(H,14,15)(H,16,17)/t6-,7-,8-/m0/s1. The molecule has 2 aliphatic rings. The van der Waals surface area contributed by atoms with E-state index in [4.69, 9.17) is 0 Å². The molecule has 1 aromatic rings. The van der Waals surface area contributed by atoms with E-state index < -0.39 is 39.6 Å². The van der Waals surface area contributed by atoms with Crippen LogP contribution < -0.4 is 4.72 Å². The predicted octanol–water partition coefficient (Wildman–Crippen LogP) is 0.896. The quantitative estimate of drug-likeness (QED) is 0.867. The Bertz CT molecular complexity index is 629. The first kappa shape index (κ1) is 13.5. The summed E-state index contributed by atoms with van der Waals surface area (Å²) in [6, 6.07) is 1.21. The number of aromatic amines is 1. The molecule has 2 aliphatic carbocycles. The van der Waals surface area contributed by atoms with E-state index in [0.29, 0.717) is 0 Å². The second-order valence-corrected chi connectivity index (χ2v) is 7.04. The second-order valence-electron chi connectivity index (χ2n) is 5.39. The van der Waals surface area contributed by atoms with Crippen molar-refractivity contribution in [2.24, 2.45) is 17.8 Å². The molecule has 0 unspecified atom stereocenters. The fraction of sp³-hybridized carbons (Fsp3) is 0.636. The molecule has 0 aromatic carbocycles. The van der Waals surface area contributed by atoms with Crippen molar-refractivity contribution in [3.63, 3.8) is 0 Å². The molecule has 6 nitrogen and oxygen atoms in total. The van der Waals surface area contributed by atoms with Crippen molar-refractivity contribution in [3.8, 4) is 0 Å². The first-order chi connectivity index (χ1) is 9.29. The lowest BCUT2D eigenvalue weighted by atomic mass is 9.86. The monoisotopic (exact) mass is 305 g/mol. The first-order valence-corrected chi connectivity index (χ1v) is 7.72. The minimum Gasteiger partial charge on any atom is -0.274 e. The molecule has 0 saturated heterocycles. The Morgan fingerprint density at radius 3 is 2.70 bits per heavy atom. The Morgan fingerprint density at radius 1 is 1.45 bits per heavy atom. The highest BCUT2D eigenvalue weighted by atomic mass is 32.2. The number of H-pyrrole nitrogens is 1. The van der Waals surface area contributed by atoms with Gasteiger partial charge in [0.05, 0.1) is 6.20 Å². The van der Waals surface area contributed by atoms with Crippen LogP contribution in [0.25, 0.3) is 0 Å². The van der Waals surface area contributed by atoms with E-state index in [1.54, 1.807) is 0 Å². The van der Waals surface area contributed by atoms with Crippen LogP contribution >= 0.6 is 0 Å². The van der Waals surface area contributed by atoms with Gasteiger partial charge in [-0.05, 0) is 24.8 Å². The van der Waals surface area contributed by atoms with Crippen molar-refractivity contribution < 1.29 is 22.0 Å². The summed E-state index contributed by atoms with van der Waals surface area (Å²) in [6.45, 7) is 0. The highest BCUT2D eigenvalue weighted by molar-refractivity contribution is 7.90. The number of alkyl halides is 2. The van der Waals surface area contributed by atoms with Crippen LogP contribution in [-0.4, -0.2) is 30.4 Å². The highest BCUT2D eigenvalue weighted by Gasteiger charge is 2.58. The van der Waals surface area contributed by atoms with Crippen LogP contribution in [-0.2, 0) is 14.8 Å². The molecule has 9 heteroatoms. The molecule has 1 aromatic heterocycles. The van der Waals surface area contributed by atoms with Gasteiger partial charge in [0.15, 0.2) is 5.03 Å². The van der Waals surface area contributed by atoms with Gasteiger partial charge in [0.25, 0.3) is 15.9 Å². The Morgan fingerprint density at radius 2 is 2.20 bits per heavy atom.